The molecule has 0 fully saturated rings. The van der Waals surface area contributed by atoms with E-state index < -0.39 is 30.3 Å². The first-order valence-corrected chi connectivity index (χ1v) is 6.82. The lowest BCUT2D eigenvalue weighted by atomic mass is 9.91. The third-order valence-electron chi connectivity index (χ3n) is 2.81. The van der Waals surface area contributed by atoms with Crippen molar-refractivity contribution in [1.82, 2.24) is 10.3 Å². The van der Waals surface area contributed by atoms with E-state index >= 15 is 0 Å². The van der Waals surface area contributed by atoms with Crippen LogP contribution < -0.4 is 5.32 Å². The lowest BCUT2D eigenvalue weighted by Gasteiger charge is -2.19. The Morgan fingerprint density at radius 3 is 2.32 bits per heavy atom. The van der Waals surface area contributed by atoms with E-state index in [1.807, 2.05) is 20.8 Å². The molecule has 1 aromatic heterocycles. The summed E-state index contributed by atoms with van der Waals surface area (Å²) in [7, 11) is 0. The Bertz CT molecular complexity index is 610. The van der Waals surface area contributed by atoms with Crippen LogP contribution in [-0.4, -0.2) is 39.1 Å². The molecular weight excluding hydrogens is 312 g/mol. The molecule has 1 atom stereocenters. The molecule has 120 valence electrons. The Labute approximate surface area is 132 Å². The Morgan fingerprint density at radius 2 is 1.86 bits per heavy atom. The highest BCUT2D eigenvalue weighted by Gasteiger charge is 2.25. The smallest absolute Gasteiger partial charge is 0.326 e. The average molecular weight is 329 g/mol. The van der Waals surface area contributed by atoms with Crippen LogP contribution in [0.4, 0.5) is 0 Å². The average Bonchev–Trinajstić information content (AvgIpc) is 2.35. The number of nitrogens with one attached hydrogen (secondary N) is 1. The van der Waals surface area contributed by atoms with E-state index in [1.165, 1.54) is 12.1 Å². The van der Waals surface area contributed by atoms with Gasteiger partial charge in [0, 0.05) is 16.7 Å². The molecule has 8 heteroatoms. The second-order valence-corrected chi connectivity index (χ2v) is 6.16. The standard InChI is InChI=1S/C14H17ClN2O5/c1-14(2,3)9-4-7(5-10(15)17-9)12(20)16-8(13(21)22)6-11(18)19/h4-5,8H,6H2,1-3H3,(H,16,20)(H,18,19)(H,21,22)/t8-/m0/s1. The van der Waals surface area contributed by atoms with E-state index in [9.17, 15) is 14.4 Å². The van der Waals surface area contributed by atoms with Crippen molar-refractivity contribution in [2.24, 2.45) is 0 Å². The predicted molar refractivity (Wildman–Crippen MR) is 79.1 cm³/mol. The molecule has 22 heavy (non-hydrogen) atoms. The van der Waals surface area contributed by atoms with Crippen LogP contribution in [0.15, 0.2) is 12.1 Å². The Kier molecular flexibility index (Phi) is 5.48. The fourth-order valence-corrected chi connectivity index (χ4v) is 1.84. The fourth-order valence-electron chi connectivity index (χ4n) is 1.63. The van der Waals surface area contributed by atoms with Crippen molar-refractivity contribution in [3.05, 3.63) is 28.5 Å². The van der Waals surface area contributed by atoms with Gasteiger partial charge in [0.15, 0.2) is 0 Å². The maximum atomic E-state index is 12.1. The maximum Gasteiger partial charge on any atom is 0.326 e. The minimum absolute atomic E-state index is 0.0997. The monoisotopic (exact) mass is 328 g/mol. The fraction of sp³-hybridized carbons (Fsp3) is 0.429. The van der Waals surface area contributed by atoms with Crippen molar-refractivity contribution >= 4 is 29.4 Å². The van der Waals surface area contributed by atoms with Gasteiger partial charge in [0.05, 0.1) is 6.42 Å². The number of halogens is 1. The zero-order valence-electron chi connectivity index (χ0n) is 12.4. The first-order valence-electron chi connectivity index (χ1n) is 6.44. The van der Waals surface area contributed by atoms with Gasteiger partial charge in [-0.25, -0.2) is 9.78 Å². The van der Waals surface area contributed by atoms with Crippen LogP contribution in [-0.2, 0) is 15.0 Å². The molecule has 0 spiro atoms. The molecule has 1 heterocycles. The molecule has 0 aliphatic carbocycles. The van der Waals surface area contributed by atoms with Crippen LogP contribution in [0.25, 0.3) is 0 Å². The number of aromatic nitrogens is 1. The van der Waals surface area contributed by atoms with Crippen molar-refractivity contribution < 1.29 is 24.6 Å². The van der Waals surface area contributed by atoms with Gasteiger partial charge < -0.3 is 15.5 Å². The number of carboxylic acids is 2. The van der Waals surface area contributed by atoms with E-state index in [2.05, 4.69) is 10.3 Å². The molecule has 1 aromatic rings. The van der Waals surface area contributed by atoms with E-state index in [0.717, 1.165) is 0 Å². The highest BCUT2D eigenvalue weighted by Crippen LogP contribution is 2.23. The zero-order chi connectivity index (χ0) is 17.1. The molecule has 0 saturated carbocycles. The Balaban J connectivity index is 3.04. The van der Waals surface area contributed by atoms with Gasteiger partial charge in [0.25, 0.3) is 5.91 Å². The molecule has 0 bridgehead atoms. The topological polar surface area (TPSA) is 117 Å². The number of amides is 1. The highest BCUT2D eigenvalue weighted by molar-refractivity contribution is 6.29. The normalized spacial score (nSPS) is 12.5. The molecule has 0 unspecified atom stereocenters. The largest absolute Gasteiger partial charge is 0.481 e. The Hall–Kier alpha value is -2.15. The van der Waals surface area contributed by atoms with Gasteiger partial charge in [-0.3, -0.25) is 9.59 Å². The molecule has 0 radical (unpaired) electrons. The molecule has 3 N–H and O–H groups in total. The number of carbonyl (C=O) groups excluding carboxylic acids is 1. The maximum absolute atomic E-state index is 12.1. The number of hydrogen-bond acceptors (Lipinski definition) is 4. The van der Waals surface area contributed by atoms with Gasteiger partial charge in [-0.2, -0.15) is 0 Å². The summed E-state index contributed by atoms with van der Waals surface area (Å²) in [6.45, 7) is 5.66. The first kappa shape index (κ1) is 17.9. The van der Waals surface area contributed by atoms with Crippen molar-refractivity contribution in [2.45, 2.75) is 38.6 Å². The summed E-state index contributed by atoms with van der Waals surface area (Å²) in [6, 6.07) is 1.28. The molecule has 7 nitrogen and oxygen atoms in total. The quantitative estimate of drug-likeness (QED) is 0.708. The van der Waals surface area contributed by atoms with Crippen LogP contribution in [0, 0.1) is 0 Å². The first-order chi connectivity index (χ1) is 10.0. The van der Waals surface area contributed by atoms with Crippen molar-refractivity contribution in [3.8, 4) is 0 Å². The SMILES string of the molecule is CC(C)(C)c1cc(C(=O)N[C@@H](CC(=O)O)C(=O)O)cc(Cl)n1. The number of carbonyl (C=O) groups is 3. The summed E-state index contributed by atoms with van der Waals surface area (Å²) in [5, 5.41) is 19.9. The second-order valence-electron chi connectivity index (χ2n) is 5.78. The minimum atomic E-state index is -1.52. The number of aliphatic carboxylic acids is 2. The van der Waals surface area contributed by atoms with Crippen molar-refractivity contribution in [3.63, 3.8) is 0 Å². The minimum Gasteiger partial charge on any atom is -0.481 e. The lowest BCUT2D eigenvalue weighted by Crippen LogP contribution is -2.42. The summed E-state index contributed by atoms with van der Waals surface area (Å²) in [4.78, 5) is 37.8. The van der Waals surface area contributed by atoms with E-state index in [-0.39, 0.29) is 16.1 Å². The third kappa shape index (κ3) is 5.00. The van der Waals surface area contributed by atoms with Gasteiger partial charge in [-0.1, -0.05) is 32.4 Å². The van der Waals surface area contributed by atoms with Gasteiger partial charge >= 0.3 is 11.9 Å². The number of rotatable bonds is 5. The van der Waals surface area contributed by atoms with Gasteiger partial charge in [-0.15, -0.1) is 0 Å². The van der Waals surface area contributed by atoms with Crippen LogP contribution in [0.3, 0.4) is 0 Å². The number of carboxylic acid groups (broad SMARTS) is 2. The van der Waals surface area contributed by atoms with E-state index in [1.54, 1.807) is 0 Å². The molecular formula is C14H17ClN2O5. The summed E-state index contributed by atoms with van der Waals surface area (Å²) in [5.74, 6) is -3.47. The second kappa shape index (κ2) is 6.74. The van der Waals surface area contributed by atoms with Gasteiger partial charge in [-0.05, 0) is 12.1 Å². The van der Waals surface area contributed by atoms with Crippen LogP contribution in [0.5, 0.6) is 0 Å². The van der Waals surface area contributed by atoms with Crippen LogP contribution in [0.2, 0.25) is 5.15 Å². The molecule has 0 saturated heterocycles. The van der Waals surface area contributed by atoms with Gasteiger partial charge in [0.2, 0.25) is 0 Å². The van der Waals surface area contributed by atoms with Crippen LogP contribution in [0.1, 0.15) is 43.2 Å². The molecule has 1 rings (SSSR count). The highest BCUT2D eigenvalue weighted by atomic mass is 35.5. The molecule has 0 aliphatic rings. The third-order valence-corrected chi connectivity index (χ3v) is 3.00. The van der Waals surface area contributed by atoms with Gasteiger partial charge in [0.1, 0.15) is 11.2 Å². The van der Waals surface area contributed by atoms with Crippen LogP contribution >= 0.6 is 11.6 Å². The summed E-state index contributed by atoms with van der Waals surface area (Å²) >= 11 is 5.88. The molecule has 0 aliphatic heterocycles. The Morgan fingerprint density at radius 1 is 1.27 bits per heavy atom. The van der Waals surface area contributed by atoms with Crippen molar-refractivity contribution in [2.75, 3.05) is 0 Å². The number of nitrogens with zero attached hydrogens (tertiary/aromatic N) is 1. The number of pyridine rings is 1. The lowest BCUT2D eigenvalue weighted by molar-refractivity contribution is -0.145. The number of hydrogen-bond donors (Lipinski definition) is 3. The van der Waals surface area contributed by atoms with Crippen molar-refractivity contribution in [1.29, 1.82) is 0 Å². The predicted octanol–water partition coefficient (Wildman–Crippen LogP) is 1.69. The molecule has 0 aromatic carbocycles. The van der Waals surface area contributed by atoms with E-state index in [4.69, 9.17) is 21.8 Å². The summed E-state index contributed by atoms with van der Waals surface area (Å²) < 4.78 is 0. The molecule has 1 amide bonds. The van der Waals surface area contributed by atoms with E-state index in [0.29, 0.717) is 5.69 Å². The zero-order valence-corrected chi connectivity index (χ0v) is 13.1. The summed E-state index contributed by atoms with van der Waals surface area (Å²) in [5.41, 5.74) is 0.338. The summed E-state index contributed by atoms with van der Waals surface area (Å²) in [6.07, 6.45) is -0.716.